The number of hydrogen-bond acceptors (Lipinski definition) is 4. The Bertz CT molecular complexity index is 597. The summed E-state index contributed by atoms with van der Waals surface area (Å²) in [6, 6.07) is 5.80. The minimum atomic E-state index is -0.322. The second-order valence-corrected chi connectivity index (χ2v) is 6.45. The fourth-order valence-electron chi connectivity index (χ4n) is 3.27. The highest BCUT2D eigenvalue weighted by atomic mass is 16.6. The standard InChI is InChI=1S/C17H23N3O3/c1-12-11-20(17(22)23-12)16-5-3-4-15(18-16)10-14-6-8-19(9-7-14)13(2)21/h3-5,12,14H,6-11H2,1-2H3/t12-/m0/s1. The Kier molecular flexibility index (Phi) is 4.50. The average molecular weight is 317 g/mol. The van der Waals surface area contributed by atoms with Crippen LogP contribution in [0.3, 0.4) is 0 Å². The SMILES string of the molecule is CC(=O)N1CCC(Cc2cccc(N3C[C@H](C)OC3=O)n2)CC1. The molecule has 6 heteroatoms. The molecule has 0 N–H and O–H groups in total. The van der Waals surface area contributed by atoms with Crippen LogP contribution >= 0.6 is 0 Å². The Morgan fingerprint density at radius 1 is 1.35 bits per heavy atom. The molecule has 2 fully saturated rings. The molecule has 1 aromatic rings. The van der Waals surface area contributed by atoms with Gasteiger partial charge in [0.2, 0.25) is 5.91 Å². The van der Waals surface area contributed by atoms with Crippen molar-refractivity contribution in [3.8, 4) is 0 Å². The van der Waals surface area contributed by atoms with Gasteiger partial charge in [-0.15, -0.1) is 0 Å². The Morgan fingerprint density at radius 3 is 2.70 bits per heavy atom. The van der Waals surface area contributed by atoms with E-state index in [0.717, 1.165) is 38.0 Å². The molecule has 0 saturated carbocycles. The first-order valence-corrected chi connectivity index (χ1v) is 8.22. The molecular weight excluding hydrogens is 294 g/mol. The summed E-state index contributed by atoms with van der Waals surface area (Å²) in [4.78, 5) is 31.3. The minimum Gasteiger partial charge on any atom is -0.444 e. The lowest BCUT2D eigenvalue weighted by molar-refractivity contribution is -0.130. The van der Waals surface area contributed by atoms with E-state index in [9.17, 15) is 9.59 Å². The lowest BCUT2D eigenvalue weighted by Gasteiger charge is -2.31. The second-order valence-electron chi connectivity index (χ2n) is 6.45. The fraction of sp³-hybridized carbons (Fsp3) is 0.588. The number of piperidine rings is 1. The van der Waals surface area contributed by atoms with Crippen molar-refractivity contribution in [1.29, 1.82) is 0 Å². The van der Waals surface area contributed by atoms with E-state index in [1.54, 1.807) is 11.8 Å². The van der Waals surface area contributed by atoms with Gasteiger partial charge in [-0.2, -0.15) is 0 Å². The first-order chi connectivity index (χ1) is 11.0. The lowest BCUT2D eigenvalue weighted by Crippen LogP contribution is -2.37. The third-order valence-corrected chi connectivity index (χ3v) is 4.59. The molecule has 0 radical (unpaired) electrons. The first kappa shape index (κ1) is 15.8. The van der Waals surface area contributed by atoms with Gasteiger partial charge in [0.25, 0.3) is 0 Å². The quantitative estimate of drug-likeness (QED) is 0.857. The molecule has 6 nitrogen and oxygen atoms in total. The molecule has 1 atom stereocenters. The van der Waals surface area contributed by atoms with E-state index in [1.165, 1.54) is 0 Å². The molecule has 0 aromatic carbocycles. The number of anilines is 1. The van der Waals surface area contributed by atoms with Gasteiger partial charge in [0.15, 0.2) is 0 Å². The molecule has 0 aliphatic carbocycles. The molecular formula is C17H23N3O3. The van der Waals surface area contributed by atoms with E-state index in [0.29, 0.717) is 18.3 Å². The highest BCUT2D eigenvalue weighted by Gasteiger charge is 2.30. The predicted octanol–water partition coefficient (Wildman–Crippen LogP) is 2.23. The maximum atomic E-state index is 11.8. The smallest absolute Gasteiger partial charge is 0.415 e. The topological polar surface area (TPSA) is 62.7 Å². The zero-order chi connectivity index (χ0) is 16.4. The molecule has 2 saturated heterocycles. The van der Waals surface area contributed by atoms with Crippen molar-refractivity contribution in [2.75, 3.05) is 24.5 Å². The molecule has 2 amide bonds. The van der Waals surface area contributed by atoms with Gasteiger partial charge in [-0.3, -0.25) is 9.69 Å². The van der Waals surface area contributed by atoms with Gasteiger partial charge in [-0.25, -0.2) is 9.78 Å². The van der Waals surface area contributed by atoms with Crippen LogP contribution in [0.2, 0.25) is 0 Å². The number of amides is 2. The average Bonchev–Trinajstić information content (AvgIpc) is 2.87. The number of ether oxygens (including phenoxy) is 1. The maximum Gasteiger partial charge on any atom is 0.415 e. The summed E-state index contributed by atoms with van der Waals surface area (Å²) in [7, 11) is 0. The van der Waals surface area contributed by atoms with Crippen molar-refractivity contribution >= 4 is 17.8 Å². The largest absolute Gasteiger partial charge is 0.444 e. The summed E-state index contributed by atoms with van der Waals surface area (Å²) >= 11 is 0. The first-order valence-electron chi connectivity index (χ1n) is 8.22. The normalized spacial score (nSPS) is 22.3. The Hall–Kier alpha value is -2.11. The van der Waals surface area contributed by atoms with Gasteiger partial charge in [0.05, 0.1) is 6.54 Å². The van der Waals surface area contributed by atoms with E-state index >= 15 is 0 Å². The van der Waals surface area contributed by atoms with E-state index in [4.69, 9.17) is 4.74 Å². The molecule has 3 rings (SSSR count). The van der Waals surface area contributed by atoms with Gasteiger partial charge < -0.3 is 9.64 Å². The summed E-state index contributed by atoms with van der Waals surface area (Å²) < 4.78 is 5.16. The van der Waals surface area contributed by atoms with Crippen LogP contribution in [0.5, 0.6) is 0 Å². The van der Waals surface area contributed by atoms with Crippen LogP contribution in [0.1, 0.15) is 32.4 Å². The molecule has 3 heterocycles. The number of likely N-dealkylation sites (tertiary alicyclic amines) is 1. The number of carbonyl (C=O) groups excluding carboxylic acids is 2. The number of pyridine rings is 1. The van der Waals surface area contributed by atoms with Crippen molar-refractivity contribution in [2.24, 2.45) is 5.92 Å². The number of aromatic nitrogens is 1. The van der Waals surface area contributed by atoms with Crippen molar-refractivity contribution in [3.05, 3.63) is 23.9 Å². The number of rotatable bonds is 3. The maximum absolute atomic E-state index is 11.8. The summed E-state index contributed by atoms with van der Waals surface area (Å²) in [5.74, 6) is 1.36. The Balaban J connectivity index is 1.62. The summed E-state index contributed by atoms with van der Waals surface area (Å²) in [5, 5.41) is 0. The van der Waals surface area contributed by atoms with Gasteiger partial charge in [0, 0.05) is 25.7 Å². The molecule has 0 spiro atoms. The Morgan fingerprint density at radius 2 is 2.09 bits per heavy atom. The zero-order valence-electron chi connectivity index (χ0n) is 13.7. The van der Waals surface area contributed by atoms with Crippen LogP contribution in [-0.4, -0.2) is 47.6 Å². The van der Waals surface area contributed by atoms with Gasteiger partial charge >= 0.3 is 6.09 Å². The highest BCUT2D eigenvalue weighted by molar-refractivity contribution is 5.88. The molecule has 2 aliphatic heterocycles. The summed E-state index contributed by atoms with van der Waals surface area (Å²) in [6.07, 6.45) is 2.49. The Labute approximate surface area is 136 Å². The fourth-order valence-corrected chi connectivity index (χ4v) is 3.27. The van der Waals surface area contributed by atoms with Crippen LogP contribution in [0.25, 0.3) is 0 Å². The van der Waals surface area contributed by atoms with Gasteiger partial charge in [0.1, 0.15) is 11.9 Å². The van der Waals surface area contributed by atoms with Gasteiger partial charge in [-0.1, -0.05) is 6.07 Å². The van der Waals surface area contributed by atoms with Crippen molar-refractivity contribution < 1.29 is 14.3 Å². The van der Waals surface area contributed by atoms with Crippen molar-refractivity contribution in [2.45, 2.75) is 39.2 Å². The number of hydrogen-bond donors (Lipinski definition) is 0. The monoisotopic (exact) mass is 317 g/mol. The van der Waals surface area contributed by atoms with E-state index in [2.05, 4.69) is 4.98 Å². The minimum absolute atomic E-state index is 0.0936. The molecule has 124 valence electrons. The molecule has 1 aromatic heterocycles. The molecule has 23 heavy (non-hydrogen) atoms. The van der Waals surface area contributed by atoms with Crippen LogP contribution in [-0.2, 0) is 16.0 Å². The molecule has 0 bridgehead atoms. The van der Waals surface area contributed by atoms with Crippen molar-refractivity contribution in [1.82, 2.24) is 9.88 Å². The van der Waals surface area contributed by atoms with Crippen LogP contribution in [0.15, 0.2) is 18.2 Å². The third-order valence-electron chi connectivity index (χ3n) is 4.59. The number of carbonyl (C=O) groups is 2. The molecule has 2 aliphatic rings. The highest BCUT2D eigenvalue weighted by Crippen LogP contribution is 2.24. The van der Waals surface area contributed by atoms with Crippen LogP contribution in [0, 0.1) is 5.92 Å². The van der Waals surface area contributed by atoms with E-state index in [1.807, 2.05) is 30.0 Å². The van der Waals surface area contributed by atoms with E-state index in [-0.39, 0.29) is 18.1 Å². The van der Waals surface area contributed by atoms with Gasteiger partial charge in [-0.05, 0) is 44.2 Å². The van der Waals surface area contributed by atoms with Crippen LogP contribution < -0.4 is 4.90 Å². The van der Waals surface area contributed by atoms with Crippen LogP contribution in [0.4, 0.5) is 10.6 Å². The number of cyclic esters (lactones) is 1. The predicted molar refractivity (Wildman–Crippen MR) is 86.2 cm³/mol. The van der Waals surface area contributed by atoms with Crippen molar-refractivity contribution in [3.63, 3.8) is 0 Å². The summed E-state index contributed by atoms with van der Waals surface area (Å²) in [6.45, 7) is 5.71. The van der Waals surface area contributed by atoms with E-state index < -0.39 is 0 Å². The number of nitrogens with zero attached hydrogens (tertiary/aromatic N) is 3. The molecule has 0 unspecified atom stereocenters. The third kappa shape index (κ3) is 3.63. The second kappa shape index (κ2) is 6.56. The lowest BCUT2D eigenvalue weighted by atomic mass is 9.92. The zero-order valence-corrected chi connectivity index (χ0v) is 13.7. The summed E-state index contributed by atoms with van der Waals surface area (Å²) in [5.41, 5.74) is 0.996.